The number of allylic oxidation sites excluding steroid dienone is 2. The highest BCUT2D eigenvalue weighted by Crippen LogP contribution is 2.47. The Bertz CT molecular complexity index is 435. The van der Waals surface area contributed by atoms with Crippen LogP contribution in [0.5, 0.6) is 0 Å². The Kier molecular flexibility index (Phi) is 4.17. The summed E-state index contributed by atoms with van der Waals surface area (Å²) in [6, 6.07) is 0. The fraction of sp³-hybridized carbons (Fsp3) is 0.667. The van der Waals surface area contributed by atoms with Gasteiger partial charge in [-0.25, -0.2) is 0 Å². The standard InChI is InChI=1S/C15H20O4/c1-2-19-14(18)7-9-15-8-6-12(16)10-11(15)4-3-5-13(15)17/h10H,2-9H2,1H3/t15-/m0/s1. The summed E-state index contributed by atoms with van der Waals surface area (Å²) in [6.07, 6.45) is 5.56. The van der Waals surface area contributed by atoms with Crippen molar-refractivity contribution in [2.45, 2.75) is 51.9 Å². The van der Waals surface area contributed by atoms with Crippen molar-refractivity contribution in [3.05, 3.63) is 11.6 Å². The Hall–Kier alpha value is -1.45. The van der Waals surface area contributed by atoms with Gasteiger partial charge in [-0.15, -0.1) is 0 Å². The third-order valence-electron chi connectivity index (χ3n) is 4.19. The Morgan fingerprint density at radius 3 is 2.84 bits per heavy atom. The van der Waals surface area contributed by atoms with E-state index in [1.165, 1.54) is 0 Å². The van der Waals surface area contributed by atoms with Crippen LogP contribution in [0.2, 0.25) is 0 Å². The highest BCUT2D eigenvalue weighted by Gasteiger charge is 2.45. The molecule has 2 rings (SSSR count). The van der Waals surface area contributed by atoms with Gasteiger partial charge in [0.2, 0.25) is 0 Å². The lowest BCUT2D eigenvalue weighted by molar-refractivity contribution is -0.144. The second-order valence-corrected chi connectivity index (χ2v) is 5.30. The topological polar surface area (TPSA) is 60.4 Å². The van der Waals surface area contributed by atoms with E-state index >= 15 is 0 Å². The Morgan fingerprint density at radius 2 is 2.11 bits per heavy atom. The third kappa shape index (κ3) is 2.77. The van der Waals surface area contributed by atoms with Crippen molar-refractivity contribution >= 4 is 17.5 Å². The molecule has 0 aromatic rings. The molecule has 4 nitrogen and oxygen atoms in total. The van der Waals surface area contributed by atoms with E-state index in [1.54, 1.807) is 13.0 Å². The van der Waals surface area contributed by atoms with Gasteiger partial charge in [0.25, 0.3) is 0 Å². The SMILES string of the molecule is CCOC(=O)CC[C@@]12CCC(=O)C=C1CCCC2=O. The van der Waals surface area contributed by atoms with E-state index in [2.05, 4.69) is 0 Å². The molecule has 0 radical (unpaired) electrons. The first-order valence-electron chi connectivity index (χ1n) is 7.01. The maximum Gasteiger partial charge on any atom is 0.305 e. The Balaban J connectivity index is 2.16. The molecule has 0 bridgehead atoms. The summed E-state index contributed by atoms with van der Waals surface area (Å²) in [5.74, 6) is 0.0461. The van der Waals surface area contributed by atoms with E-state index in [1.807, 2.05) is 0 Å². The number of carbonyl (C=O) groups excluding carboxylic acids is 3. The van der Waals surface area contributed by atoms with E-state index in [0.717, 1.165) is 18.4 Å². The highest BCUT2D eigenvalue weighted by molar-refractivity contribution is 5.98. The van der Waals surface area contributed by atoms with Gasteiger partial charge in [0.1, 0.15) is 5.78 Å². The van der Waals surface area contributed by atoms with E-state index in [4.69, 9.17) is 4.74 Å². The Labute approximate surface area is 113 Å². The van der Waals surface area contributed by atoms with E-state index in [-0.39, 0.29) is 24.0 Å². The van der Waals surface area contributed by atoms with Gasteiger partial charge < -0.3 is 4.74 Å². The quantitative estimate of drug-likeness (QED) is 0.731. The summed E-state index contributed by atoms with van der Waals surface area (Å²) >= 11 is 0. The summed E-state index contributed by atoms with van der Waals surface area (Å²) in [5.41, 5.74) is 0.392. The van der Waals surface area contributed by atoms with Crippen LogP contribution >= 0.6 is 0 Å². The lowest BCUT2D eigenvalue weighted by Gasteiger charge is -2.40. The van der Waals surface area contributed by atoms with Gasteiger partial charge in [0.15, 0.2) is 5.78 Å². The smallest absolute Gasteiger partial charge is 0.305 e. The zero-order valence-corrected chi connectivity index (χ0v) is 11.4. The summed E-state index contributed by atoms with van der Waals surface area (Å²) in [7, 11) is 0. The molecular formula is C15H20O4. The van der Waals surface area contributed by atoms with Crippen molar-refractivity contribution in [1.82, 2.24) is 0 Å². The van der Waals surface area contributed by atoms with Crippen LogP contribution in [0, 0.1) is 5.41 Å². The first-order valence-corrected chi connectivity index (χ1v) is 7.01. The monoisotopic (exact) mass is 264 g/mol. The van der Waals surface area contributed by atoms with Gasteiger partial charge in [-0.3, -0.25) is 14.4 Å². The van der Waals surface area contributed by atoms with Gasteiger partial charge in [-0.05, 0) is 38.7 Å². The average molecular weight is 264 g/mol. The van der Waals surface area contributed by atoms with Crippen LogP contribution in [0.25, 0.3) is 0 Å². The molecule has 0 aromatic heterocycles. The second kappa shape index (κ2) is 5.68. The van der Waals surface area contributed by atoms with Crippen LogP contribution in [-0.2, 0) is 19.1 Å². The van der Waals surface area contributed by atoms with Crippen molar-refractivity contribution in [2.24, 2.45) is 5.41 Å². The minimum Gasteiger partial charge on any atom is -0.466 e. The zero-order valence-electron chi connectivity index (χ0n) is 11.4. The van der Waals surface area contributed by atoms with Crippen molar-refractivity contribution in [2.75, 3.05) is 6.61 Å². The van der Waals surface area contributed by atoms with Crippen molar-refractivity contribution in [3.8, 4) is 0 Å². The minimum absolute atomic E-state index is 0.108. The molecule has 104 valence electrons. The van der Waals surface area contributed by atoms with Gasteiger partial charge >= 0.3 is 5.97 Å². The second-order valence-electron chi connectivity index (χ2n) is 5.30. The third-order valence-corrected chi connectivity index (χ3v) is 4.19. The average Bonchev–Trinajstić information content (AvgIpc) is 2.38. The number of esters is 1. The molecule has 19 heavy (non-hydrogen) atoms. The predicted molar refractivity (Wildman–Crippen MR) is 69.5 cm³/mol. The van der Waals surface area contributed by atoms with Crippen LogP contribution in [0.15, 0.2) is 11.6 Å². The largest absolute Gasteiger partial charge is 0.466 e. The molecule has 2 aliphatic rings. The van der Waals surface area contributed by atoms with Gasteiger partial charge in [0, 0.05) is 19.3 Å². The molecule has 0 spiro atoms. The highest BCUT2D eigenvalue weighted by atomic mass is 16.5. The molecule has 4 heteroatoms. The normalized spacial score (nSPS) is 26.7. The summed E-state index contributed by atoms with van der Waals surface area (Å²) < 4.78 is 4.93. The number of ether oxygens (including phenoxy) is 1. The molecular weight excluding hydrogens is 244 g/mol. The number of hydrogen-bond donors (Lipinski definition) is 0. The van der Waals surface area contributed by atoms with Crippen LogP contribution in [-0.4, -0.2) is 24.1 Å². The fourth-order valence-corrected chi connectivity index (χ4v) is 3.18. The number of hydrogen-bond acceptors (Lipinski definition) is 4. The first-order chi connectivity index (χ1) is 9.08. The maximum atomic E-state index is 12.3. The molecule has 0 saturated heterocycles. The predicted octanol–water partition coefficient (Wildman–Crippen LogP) is 2.36. The van der Waals surface area contributed by atoms with E-state index < -0.39 is 5.41 Å². The van der Waals surface area contributed by atoms with Gasteiger partial charge in [-0.1, -0.05) is 5.57 Å². The first kappa shape index (κ1) is 14.0. The number of carbonyl (C=O) groups is 3. The molecule has 1 atom stereocenters. The van der Waals surface area contributed by atoms with Crippen molar-refractivity contribution < 1.29 is 19.1 Å². The number of rotatable bonds is 4. The van der Waals surface area contributed by atoms with Crippen LogP contribution in [0.1, 0.15) is 51.9 Å². The molecule has 1 saturated carbocycles. The minimum atomic E-state index is -0.557. The van der Waals surface area contributed by atoms with Crippen molar-refractivity contribution in [3.63, 3.8) is 0 Å². The number of fused-ring (bicyclic) bond motifs is 1. The summed E-state index contributed by atoms with van der Waals surface area (Å²) in [6.45, 7) is 2.13. The lowest BCUT2D eigenvalue weighted by atomic mass is 9.62. The molecule has 1 fully saturated rings. The molecule has 0 amide bonds. The summed E-state index contributed by atoms with van der Waals surface area (Å²) in [5, 5.41) is 0. The molecule has 0 aromatic carbocycles. The zero-order chi connectivity index (χ0) is 13.9. The van der Waals surface area contributed by atoms with Gasteiger partial charge in [0.05, 0.1) is 12.0 Å². The van der Waals surface area contributed by atoms with Crippen molar-refractivity contribution in [1.29, 1.82) is 0 Å². The molecule has 0 aliphatic heterocycles. The molecule has 0 heterocycles. The van der Waals surface area contributed by atoms with Crippen LogP contribution < -0.4 is 0 Å². The van der Waals surface area contributed by atoms with E-state index in [0.29, 0.717) is 32.3 Å². The summed E-state index contributed by atoms with van der Waals surface area (Å²) in [4.78, 5) is 35.4. The molecule has 0 unspecified atom stereocenters. The van der Waals surface area contributed by atoms with Crippen LogP contribution in [0.3, 0.4) is 0 Å². The molecule has 2 aliphatic carbocycles. The lowest BCUT2D eigenvalue weighted by Crippen LogP contribution is -2.40. The Morgan fingerprint density at radius 1 is 1.32 bits per heavy atom. The molecule has 0 N–H and O–H groups in total. The fourth-order valence-electron chi connectivity index (χ4n) is 3.18. The van der Waals surface area contributed by atoms with Gasteiger partial charge in [-0.2, -0.15) is 0 Å². The number of ketones is 2. The van der Waals surface area contributed by atoms with Crippen LogP contribution in [0.4, 0.5) is 0 Å². The van der Waals surface area contributed by atoms with E-state index in [9.17, 15) is 14.4 Å². The number of Topliss-reactive ketones (excluding diaryl/α,β-unsaturated/α-hetero) is 1. The maximum absolute atomic E-state index is 12.3.